The summed E-state index contributed by atoms with van der Waals surface area (Å²) in [6, 6.07) is 10.8. The minimum absolute atomic E-state index is 0.519. The van der Waals surface area contributed by atoms with Gasteiger partial charge < -0.3 is 4.48 Å². The van der Waals surface area contributed by atoms with Crippen LogP contribution in [0.4, 0.5) is 0 Å². The van der Waals surface area contributed by atoms with Gasteiger partial charge in [-0.05, 0) is 34.1 Å². The van der Waals surface area contributed by atoms with Gasteiger partial charge >= 0.3 is 0 Å². The van der Waals surface area contributed by atoms with Gasteiger partial charge in [-0.2, -0.15) is 0 Å². The molecule has 0 saturated heterocycles. The van der Waals surface area contributed by atoms with Crippen molar-refractivity contribution in [2.45, 2.75) is 38.2 Å². The molecule has 1 rings (SSSR count). The van der Waals surface area contributed by atoms with Crippen LogP contribution in [0.15, 0.2) is 30.3 Å². The van der Waals surface area contributed by atoms with Crippen LogP contribution in [0.25, 0.3) is 0 Å². The van der Waals surface area contributed by atoms with E-state index >= 15 is 0 Å². The van der Waals surface area contributed by atoms with Crippen LogP contribution >= 0.6 is 22.6 Å². The Morgan fingerprint density at radius 3 is 2.00 bits per heavy atom. The Labute approximate surface area is 144 Å². The Kier molecular flexibility index (Phi) is 7.76. The summed E-state index contributed by atoms with van der Waals surface area (Å²) >= 11 is 2.63. The van der Waals surface area contributed by atoms with Crippen molar-refractivity contribution in [1.82, 2.24) is 0 Å². The third-order valence-electron chi connectivity index (χ3n) is 3.70. The Morgan fingerprint density at radius 1 is 1.05 bits per heavy atom. The number of terminal acetylenes is 1. The molecule has 1 aromatic carbocycles. The van der Waals surface area contributed by atoms with Gasteiger partial charge in [0.15, 0.2) is 0 Å². The quantitative estimate of drug-likeness (QED) is 0.195. The molecule has 0 aliphatic rings. The summed E-state index contributed by atoms with van der Waals surface area (Å²) in [6.07, 6.45) is 6.81. The summed E-state index contributed by atoms with van der Waals surface area (Å²) in [6.45, 7) is 12.3. The molecule has 0 fully saturated rings. The van der Waals surface area contributed by atoms with E-state index in [0.717, 1.165) is 30.5 Å². The lowest BCUT2D eigenvalue weighted by Crippen LogP contribution is -2.57. The number of alkyl halides is 1. The fourth-order valence-corrected chi connectivity index (χ4v) is 4.33. The number of benzene rings is 1. The highest BCUT2D eigenvalue weighted by Gasteiger charge is 2.36. The third-order valence-corrected chi connectivity index (χ3v) is 5.33. The maximum Gasteiger partial charge on any atom is 0.144 e. The van der Waals surface area contributed by atoms with Gasteiger partial charge in [0.2, 0.25) is 0 Å². The molecule has 1 atom stereocenters. The molecule has 0 aromatic heterocycles. The molecule has 1 nitrogen and oxygen atoms in total. The van der Waals surface area contributed by atoms with Crippen LogP contribution < -0.4 is 0 Å². The molecule has 0 radical (unpaired) electrons. The predicted molar refractivity (Wildman–Crippen MR) is 101 cm³/mol. The van der Waals surface area contributed by atoms with E-state index in [-0.39, 0.29) is 0 Å². The SMILES string of the molecule is C#CC[N+](CC(C)C)(CC(C)C)C(I)Cc1ccccc1. The maximum atomic E-state index is 5.73. The largest absolute Gasteiger partial charge is 0.302 e. The van der Waals surface area contributed by atoms with Crippen molar-refractivity contribution >= 4 is 22.6 Å². The molecule has 21 heavy (non-hydrogen) atoms. The van der Waals surface area contributed by atoms with Crippen molar-refractivity contribution in [3.63, 3.8) is 0 Å². The zero-order valence-electron chi connectivity index (χ0n) is 13.8. The number of rotatable bonds is 8. The summed E-state index contributed by atoms with van der Waals surface area (Å²) in [5.41, 5.74) is 1.41. The smallest absolute Gasteiger partial charge is 0.144 e. The zero-order valence-corrected chi connectivity index (χ0v) is 16.0. The summed E-state index contributed by atoms with van der Waals surface area (Å²) in [5.74, 6) is 4.27. The van der Waals surface area contributed by atoms with Gasteiger partial charge in [-0.15, -0.1) is 6.42 Å². The molecular formula is C19H29IN+. The molecule has 116 valence electrons. The second kappa shape index (κ2) is 8.80. The lowest BCUT2D eigenvalue weighted by Gasteiger charge is -2.44. The zero-order chi connectivity index (χ0) is 15.9. The van der Waals surface area contributed by atoms with Gasteiger partial charge in [-0.1, -0.05) is 58.0 Å². The molecule has 0 aliphatic heterocycles. The van der Waals surface area contributed by atoms with Crippen molar-refractivity contribution in [3.8, 4) is 12.3 Å². The van der Waals surface area contributed by atoms with Crippen molar-refractivity contribution in [3.05, 3.63) is 35.9 Å². The van der Waals surface area contributed by atoms with Crippen molar-refractivity contribution in [2.24, 2.45) is 11.8 Å². The molecule has 1 unspecified atom stereocenters. The molecule has 0 amide bonds. The first-order valence-electron chi connectivity index (χ1n) is 7.87. The monoisotopic (exact) mass is 398 g/mol. The Hall–Kier alpha value is -0.530. The number of quaternary nitrogens is 1. The van der Waals surface area contributed by atoms with E-state index in [4.69, 9.17) is 6.42 Å². The number of hydrogen-bond donors (Lipinski definition) is 0. The number of nitrogens with zero attached hydrogens (tertiary/aromatic N) is 1. The van der Waals surface area contributed by atoms with Crippen molar-refractivity contribution in [1.29, 1.82) is 0 Å². The highest BCUT2D eigenvalue weighted by Crippen LogP contribution is 2.27. The molecule has 1 aromatic rings. The molecule has 0 bridgehead atoms. The third kappa shape index (κ3) is 6.00. The van der Waals surface area contributed by atoms with Gasteiger partial charge in [0, 0.05) is 18.3 Å². The van der Waals surface area contributed by atoms with Crippen LogP contribution in [0, 0.1) is 24.2 Å². The number of halogens is 1. The molecule has 0 saturated carbocycles. The molecular weight excluding hydrogens is 369 g/mol. The van der Waals surface area contributed by atoms with Crippen LogP contribution in [0.5, 0.6) is 0 Å². The van der Waals surface area contributed by atoms with Crippen LogP contribution in [0.3, 0.4) is 0 Å². The fraction of sp³-hybridized carbons (Fsp3) is 0.579. The average molecular weight is 398 g/mol. The molecule has 0 N–H and O–H groups in total. The van der Waals surface area contributed by atoms with E-state index in [1.165, 1.54) is 5.56 Å². The Morgan fingerprint density at radius 2 is 1.57 bits per heavy atom. The summed E-state index contributed by atoms with van der Waals surface area (Å²) in [4.78, 5) is 0. The first kappa shape index (κ1) is 18.5. The van der Waals surface area contributed by atoms with E-state index in [9.17, 15) is 0 Å². The van der Waals surface area contributed by atoms with Gasteiger partial charge in [0.1, 0.15) is 10.6 Å². The second-order valence-electron chi connectivity index (χ2n) is 6.86. The summed E-state index contributed by atoms with van der Waals surface area (Å²) in [7, 11) is 0. The van der Waals surface area contributed by atoms with E-state index in [0.29, 0.717) is 15.9 Å². The lowest BCUT2D eigenvalue weighted by molar-refractivity contribution is -0.932. The molecule has 0 spiro atoms. The van der Waals surface area contributed by atoms with Crippen LogP contribution in [0.1, 0.15) is 33.3 Å². The van der Waals surface area contributed by atoms with Crippen LogP contribution in [0.2, 0.25) is 0 Å². The fourth-order valence-electron chi connectivity index (χ4n) is 3.17. The minimum atomic E-state index is 0.519. The van der Waals surface area contributed by atoms with Gasteiger partial charge in [0.05, 0.1) is 13.1 Å². The summed E-state index contributed by atoms with van der Waals surface area (Å²) < 4.78 is 1.55. The van der Waals surface area contributed by atoms with Gasteiger partial charge in [-0.3, -0.25) is 0 Å². The Balaban J connectivity index is 2.99. The van der Waals surface area contributed by atoms with Gasteiger partial charge in [0.25, 0.3) is 0 Å². The molecule has 2 heteroatoms. The van der Waals surface area contributed by atoms with Crippen LogP contribution in [-0.4, -0.2) is 28.2 Å². The summed E-state index contributed by atoms with van der Waals surface area (Å²) in [5, 5.41) is 0. The van der Waals surface area contributed by atoms with Crippen molar-refractivity contribution in [2.75, 3.05) is 19.6 Å². The van der Waals surface area contributed by atoms with E-state index in [2.05, 4.69) is 86.5 Å². The molecule has 0 aliphatic carbocycles. The highest BCUT2D eigenvalue weighted by atomic mass is 127. The van der Waals surface area contributed by atoms with E-state index in [1.54, 1.807) is 0 Å². The van der Waals surface area contributed by atoms with E-state index < -0.39 is 0 Å². The first-order valence-corrected chi connectivity index (χ1v) is 9.11. The average Bonchev–Trinajstić information content (AvgIpc) is 2.38. The minimum Gasteiger partial charge on any atom is -0.302 e. The van der Waals surface area contributed by atoms with Crippen LogP contribution in [-0.2, 0) is 6.42 Å². The topological polar surface area (TPSA) is 0 Å². The number of hydrogen-bond acceptors (Lipinski definition) is 0. The van der Waals surface area contributed by atoms with E-state index in [1.807, 2.05) is 0 Å². The van der Waals surface area contributed by atoms with Gasteiger partial charge in [-0.25, -0.2) is 0 Å². The standard InChI is InChI=1S/C19H29IN/c1-6-12-21(14-16(2)3,15-17(4)5)19(20)13-18-10-8-7-9-11-18/h1,7-11,16-17,19H,12-15H2,2-5H3/q+1. The highest BCUT2D eigenvalue weighted by molar-refractivity contribution is 14.1. The lowest BCUT2D eigenvalue weighted by atomic mass is 10.0. The molecule has 0 heterocycles. The van der Waals surface area contributed by atoms with Crippen molar-refractivity contribution < 1.29 is 4.48 Å². The second-order valence-corrected chi connectivity index (χ2v) is 8.30. The maximum absolute atomic E-state index is 5.73. The first-order chi connectivity index (χ1) is 9.89. The Bertz CT molecular complexity index is 434. The normalized spacial score (nSPS) is 13.4. The predicted octanol–water partition coefficient (Wildman–Crippen LogP) is 4.75.